The predicted molar refractivity (Wildman–Crippen MR) is 139 cm³/mol. The van der Waals surface area contributed by atoms with Crippen molar-refractivity contribution in [2.24, 2.45) is 4.99 Å². The average Bonchev–Trinajstić information content (AvgIpc) is 2.91. The van der Waals surface area contributed by atoms with Crippen LogP contribution in [-0.2, 0) is 0 Å². The molecule has 0 radical (unpaired) electrons. The van der Waals surface area contributed by atoms with Crippen LogP contribution in [0, 0.1) is 11.6 Å². The van der Waals surface area contributed by atoms with E-state index in [1.807, 2.05) is 6.92 Å². The highest BCUT2D eigenvalue weighted by Gasteiger charge is 2.24. The van der Waals surface area contributed by atoms with Gasteiger partial charge >= 0.3 is 0 Å². The van der Waals surface area contributed by atoms with Crippen LogP contribution in [0.2, 0.25) is 0 Å². The number of amides is 1. The average molecular weight is 508 g/mol. The highest BCUT2D eigenvalue weighted by Crippen LogP contribution is 2.26. The molecule has 1 N–H and O–H groups in total. The number of hydrogen-bond donors (Lipinski definition) is 1. The van der Waals surface area contributed by atoms with Gasteiger partial charge in [-0.3, -0.25) is 14.5 Å². The van der Waals surface area contributed by atoms with E-state index in [2.05, 4.69) is 19.9 Å². The van der Waals surface area contributed by atoms with E-state index in [9.17, 15) is 18.4 Å². The van der Waals surface area contributed by atoms with Crippen LogP contribution in [0.1, 0.15) is 54.6 Å². The molecule has 1 saturated heterocycles. The number of amidine groups is 1. The number of aliphatic imine (C=N–C) groups is 1. The lowest BCUT2D eigenvalue weighted by Gasteiger charge is -2.32. The third kappa shape index (κ3) is 7.16. The predicted octanol–water partition coefficient (Wildman–Crippen LogP) is 4.90. The van der Waals surface area contributed by atoms with Crippen LogP contribution in [0.5, 0.6) is 0 Å². The van der Waals surface area contributed by atoms with Gasteiger partial charge < -0.3 is 9.88 Å². The lowest BCUT2D eigenvalue weighted by Crippen LogP contribution is -2.40. The number of nitrogens with zero attached hydrogens (tertiary/aromatic N) is 4. The molecule has 3 aromatic rings. The van der Waals surface area contributed by atoms with E-state index >= 15 is 0 Å². The Morgan fingerprint density at radius 2 is 1.73 bits per heavy atom. The third-order valence-corrected chi connectivity index (χ3v) is 6.61. The smallest absolute Gasteiger partial charge is 0.259 e. The highest BCUT2D eigenvalue weighted by atomic mass is 19.1. The standard InChI is InChI=1S/C28H31F2N5O2/c1-2-26(33-24-10-8-23(30)9-11-24)35(28(37)21-4-6-22(29)7-5-21)15-3-14-34-16-12-20(13-17-34)25-18-27(36)32-19-31-25/h4-11,18-20H,2-3,12-17H2,1H3,(H,31,32,36). The Kier molecular flexibility index (Phi) is 8.90. The maximum Gasteiger partial charge on any atom is 0.259 e. The van der Waals surface area contributed by atoms with Gasteiger partial charge in [0.05, 0.1) is 17.7 Å². The van der Waals surface area contributed by atoms with Gasteiger partial charge in [-0.05, 0) is 87.4 Å². The van der Waals surface area contributed by atoms with Gasteiger partial charge in [0.25, 0.3) is 11.5 Å². The number of halogens is 2. The van der Waals surface area contributed by atoms with Gasteiger partial charge in [0.2, 0.25) is 0 Å². The molecule has 4 rings (SSSR count). The molecule has 0 unspecified atom stereocenters. The van der Waals surface area contributed by atoms with Gasteiger partial charge in [-0.1, -0.05) is 6.92 Å². The molecule has 0 atom stereocenters. The second-order valence-corrected chi connectivity index (χ2v) is 9.13. The number of carbonyl (C=O) groups is 1. The van der Waals surface area contributed by atoms with Crippen molar-refractivity contribution in [3.63, 3.8) is 0 Å². The minimum atomic E-state index is -0.405. The Bertz CT molecular complexity index is 1270. The summed E-state index contributed by atoms with van der Waals surface area (Å²) >= 11 is 0. The Morgan fingerprint density at radius 1 is 1.08 bits per heavy atom. The number of likely N-dealkylation sites (tertiary alicyclic amines) is 1. The molecular formula is C28H31F2N5O2. The number of aromatic nitrogens is 2. The minimum absolute atomic E-state index is 0.132. The molecule has 37 heavy (non-hydrogen) atoms. The van der Waals surface area contributed by atoms with E-state index in [-0.39, 0.29) is 23.2 Å². The molecule has 1 fully saturated rings. The highest BCUT2D eigenvalue weighted by molar-refractivity contribution is 6.06. The molecule has 2 heterocycles. The van der Waals surface area contributed by atoms with E-state index in [0.717, 1.165) is 44.6 Å². The fraction of sp³-hybridized carbons (Fsp3) is 0.357. The van der Waals surface area contributed by atoms with E-state index < -0.39 is 5.82 Å². The molecule has 0 saturated carbocycles. The van der Waals surface area contributed by atoms with Gasteiger partial charge in [-0.15, -0.1) is 0 Å². The maximum absolute atomic E-state index is 13.5. The number of benzene rings is 2. The Labute approximate surface area is 214 Å². The monoisotopic (exact) mass is 507 g/mol. The van der Waals surface area contributed by atoms with Crippen molar-refractivity contribution in [3.05, 3.63) is 94.2 Å². The second kappa shape index (κ2) is 12.5. The molecule has 1 aliphatic heterocycles. The molecule has 1 aromatic heterocycles. The van der Waals surface area contributed by atoms with Crippen molar-refractivity contribution in [2.75, 3.05) is 26.2 Å². The van der Waals surface area contributed by atoms with Gasteiger partial charge in [0, 0.05) is 30.5 Å². The first-order valence-corrected chi connectivity index (χ1v) is 12.6. The summed E-state index contributed by atoms with van der Waals surface area (Å²) in [6.45, 7) is 4.93. The van der Waals surface area contributed by atoms with Crippen molar-refractivity contribution < 1.29 is 13.6 Å². The third-order valence-electron chi connectivity index (χ3n) is 6.61. The Hall–Kier alpha value is -3.72. The summed E-state index contributed by atoms with van der Waals surface area (Å²) in [6, 6.07) is 12.9. The van der Waals surface area contributed by atoms with Crippen molar-refractivity contribution in [1.82, 2.24) is 19.8 Å². The topological polar surface area (TPSA) is 81.7 Å². The first-order chi connectivity index (χ1) is 17.9. The summed E-state index contributed by atoms with van der Waals surface area (Å²) in [7, 11) is 0. The molecule has 9 heteroatoms. The zero-order chi connectivity index (χ0) is 26.2. The van der Waals surface area contributed by atoms with Crippen LogP contribution in [-0.4, -0.2) is 57.7 Å². The van der Waals surface area contributed by atoms with Gasteiger partial charge in [-0.25, -0.2) is 18.8 Å². The van der Waals surface area contributed by atoms with Crippen LogP contribution in [0.15, 0.2) is 70.7 Å². The summed E-state index contributed by atoms with van der Waals surface area (Å²) in [5.74, 6) is -0.168. The van der Waals surface area contributed by atoms with E-state index in [1.54, 1.807) is 23.1 Å². The molecule has 194 valence electrons. The molecule has 7 nitrogen and oxygen atoms in total. The second-order valence-electron chi connectivity index (χ2n) is 9.13. The van der Waals surface area contributed by atoms with Gasteiger partial charge in [0.15, 0.2) is 0 Å². The molecule has 2 aromatic carbocycles. The van der Waals surface area contributed by atoms with E-state index in [4.69, 9.17) is 0 Å². The summed E-state index contributed by atoms with van der Waals surface area (Å²) < 4.78 is 26.8. The van der Waals surface area contributed by atoms with Crippen LogP contribution in [0.4, 0.5) is 14.5 Å². The van der Waals surface area contributed by atoms with Gasteiger partial charge in [-0.2, -0.15) is 0 Å². The fourth-order valence-electron chi connectivity index (χ4n) is 4.60. The molecule has 0 bridgehead atoms. The molecule has 0 aliphatic carbocycles. The lowest BCUT2D eigenvalue weighted by molar-refractivity contribution is 0.0838. The quantitative estimate of drug-likeness (QED) is 0.347. The zero-order valence-electron chi connectivity index (χ0n) is 20.9. The van der Waals surface area contributed by atoms with Crippen molar-refractivity contribution in [1.29, 1.82) is 0 Å². The largest absolute Gasteiger partial charge is 0.313 e. The number of rotatable bonds is 8. The summed E-state index contributed by atoms with van der Waals surface area (Å²) in [4.78, 5) is 40.5. The van der Waals surface area contributed by atoms with Crippen LogP contribution < -0.4 is 5.56 Å². The van der Waals surface area contributed by atoms with Crippen molar-refractivity contribution >= 4 is 17.4 Å². The van der Waals surface area contributed by atoms with Crippen LogP contribution in [0.3, 0.4) is 0 Å². The van der Waals surface area contributed by atoms with Crippen LogP contribution >= 0.6 is 0 Å². The number of aromatic amines is 1. The number of hydrogen-bond acceptors (Lipinski definition) is 5. The first kappa shape index (κ1) is 26.3. The Morgan fingerprint density at radius 3 is 2.35 bits per heavy atom. The summed E-state index contributed by atoms with van der Waals surface area (Å²) in [5.41, 5.74) is 1.65. The lowest BCUT2D eigenvalue weighted by atomic mass is 9.93. The number of nitrogens with one attached hydrogen (secondary N) is 1. The maximum atomic E-state index is 13.5. The molecular weight excluding hydrogens is 476 g/mol. The molecule has 1 aliphatic rings. The van der Waals surface area contributed by atoms with Gasteiger partial charge in [0.1, 0.15) is 17.5 Å². The van der Waals surface area contributed by atoms with Crippen molar-refractivity contribution in [2.45, 2.75) is 38.5 Å². The number of piperidine rings is 1. The first-order valence-electron chi connectivity index (χ1n) is 12.6. The molecule has 0 spiro atoms. The number of H-pyrrole nitrogens is 1. The zero-order valence-corrected chi connectivity index (χ0v) is 20.9. The van der Waals surface area contributed by atoms with E-state index in [1.165, 1.54) is 42.7 Å². The molecule has 1 amide bonds. The number of carbonyl (C=O) groups excluding carboxylic acids is 1. The van der Waals surface area contributed by atoms with Crippen LogP contribution in [0.25, 0.3) is 0 Å². The van der Waals surface area contributed by atoms with E-state index in [0.29, 0.717) is 30.1 Å². The normalized spacial score (nSPS) is 15.1. The fourth-order valence-corrected chi connectivity index (χ4v) is 4.60. The summed E-state index contributed by atoms with van der Waals surface area (Å²) in [5, 5.41) is 0. The minimum Gasteiger partial charge on any atom is -0.313 e. The summed E-state index contributed by atoms with van der Waals surface area (Å²) in [6.07, 6.45) is 4.51. The van der Waals surface area contributed by atoms with Crippen molar-refractivity contribution in [3.8, 4) is 0 Å². The Balaban J connectivity index is 1.42. The SMILES string of the molecule is CCC(=Nc1ccc(F)cc1)N(CCCN1CCC(c2cc(=O)[nH]cn2)CC1)C(=O)c1ccc(F)cc1.